The van der Waals surface area contributed by atoms with Crippen molar-refractivity contribution in [2.24, 2.45) is 10.9 Å². The molecule has 140 valence electrons. The molecule has 0 aliphatic carbocycles. The highest BCUT2D eigenvalue weighted by Crippen LogP contribution is 2.16. The third-order valence-corrected chi connectivity index (χ3v) is 6.52. The van der Waals surface area contributed by atoms with E-state index in [0.717, 1.165) is 37.8 Å². The number of nitrogens with one attached hydrogen (secondary N) is 1. The summed E-state index contributed by atoms with van der Waals surface area (Å²) in [5.41, 5.74) is 0. The number of likely N-dealkylation sites (tertiary alicyclic amines) is 1. The normalized spacial score (nSPS) is 28.2. The average molecular weight is 361 g/mol. The molecular weight excluding hydrogens is 328 g/mol. The second-order valence-electron chi connectivity index (χ2n) is 7.03. The Morgan fingerprint density at radius 3 is 2.29 bits per heavy atom. The van der Waals surface area contributed by atoms with Crippen molar-refractivity contribution < 1.29 is 13.2 Å². The first-order valence-corrected chi connectivity index (χ1v) is 10.5. The van der Waals surface area contributed by atoms with E-state index in [9.17, 15) is 8.42 Å². The maximum atomic E-state index is 12.5. The lowest BCUT2D eigenvalue weighted by Crippen LogP contribution is -2.51. The van der Waals surface area contributed by atoms with E-state index in [1.54, 1.807) is 11.4 Å². The van der Waals surface area contributed by atoms with Crippen molar-refractivity contribution in [3.8, 4) is 0 Å². The third kappa shape index (κ3) is 5.32. The highest BCUT2D eigenvalue weighted by atomic mass is 32.2. The Hall–Kier alpha value is -0.860. The van der Waals surface area contributed by atoms with Crippen LogP contribution in [0.3, 0.4) is 0 Å². The Bertz CT molecular complexity index is 519. The lowest BCUT2D eigenvalue weighted by molar-refractivity contribution is -0.0440. The van der Waals surface area contributed by atoms with Crippen LogP contribution in [0.5, 0.6) is 0 Å². The van der Waals surface area contributed by atoms with Crippen molar-refractivity contribution in [3.05, 3.63) is 0 Å². The highest BCUT2D eigenvalue weighted by molar-refractivity contribution is 7.89. The molecular formula is C16H32N4O3S. The summed E-state index contributed by atoms with van der Waals surface area (Å²) in [5.74, 6) is 1.64. The van der Waals surface area contributed by atoms with Gasteiger partial charge in [-0.15, -0.1) is 0 Å². The van der Waals surface area contributed by atoms with Gasteiger partial charge < -0.3 is 15.0 Å². The van der Waals surface area contributed by atoms with Gasteiger partial charge in [-0.05, 0) is 32.6 Å². The van der Waals surface area contributed by atoms with Gasteiger partial charge in [-0.2, -0.15) is 4.31 Å². The molecule has 2 rings (SSSR count). The van der Waals surface area contributed by atoms with Crippen LogP contribution in [0.25, 0.3) is 0 Å². The topological polar surface area (TPSA) is 74.2 Å². The maximum absolute atomic E-state index is 12.5. The predicted octanol–water partition coefficient (Wildman–Crippen LogP) is 0.733. The van der Waals surface area contributed by atoms with Gasteiger partial charge in [-0.1, -0.05) is 6.92 Å². The molecule has 1 N–H and O–H groups in total. The van der Waals surface area contributed by atoms with Crippen LogP contribution in [0.2, 0.25) is 0 Å². The fraction of sp³-hybridized carbons (Fsp3) is 0.938. The highest BCUT2D eigenvalue weighted by Gasteiger charge is 2.30. The van der Waals surface area contributed by atoms with E-state index in [1.165, 1.54) is 0 Å². The minimum Gasteiger partial charge on any atom is -0.373 e. The molecule has 0 aromatic rings. The quantitative estimate of drug-likeness (QED) is 0.591. The van der Waals surface area contributed by atoms with E-state index >= 15 is 0 Å². The standard InChI is InChI=1S/C16H32N4O3S/c1-13-5-8-19(9-6-13)16(17-4)18-7-10-24(21,22)20-11-14(2)23-15(3)12-20/h13-15H,5-12H2,1-4H3,(H,17,18). The number of sulfonamides is 1. The third-order valence-electron chi connectivity index (χ3n) is 4.72. The molecule has 2 fully saturated rings. The van der Waals surface area contributed by atoms with E-state index in [4.69, 9.17) is 4.74 Å². The lowest BCUT2D eigenvalue weighted by atomic mass is 10.00. The van der Waals surface area contributed by atoms with Crippen LogP contribution in [0, 0.1) is 5.92 Å². The molecule has 0 radical (unpaired) electrons. The second-order valence-corrected chi connectivity index (χ2v) is 9.12. The maximum Gasteiger partial charge on any atom is 0.216 e. The van der Waals surface area contributed by atoms with Crippen LogP contribution in [0.15, 0.2) is 4.99 Å². The molecule has 7 nitrogen and oxygen atoms in total. The van der Waals surface area contributed by atoms with E-state index in [1.807, 2.05) is 13.8 Å². The molecule has 2 heterocycles. The number of rotatable bonds is 4. The zero-order valence-electron chi connectivity index (χ0n) is 15.4. The lowest BCUT2D eigenvalue weighted by Gasteiger charge is -2.35. The molecule has 24 heavy (non-hydrogen) atoms. The van der Waals surface area contributed by atoms with Crippen molar-refractivity contribution >= 4 is 16.0 Å². The van der Waals surface area contributed by atoms with Gasteiger partial charge in [0.1, 0.15) is 0 Å². The van der Waals surface area contributed by atoms with Gasteiger partial charge in [-0.3, -0.25) is 4.99 Å². The van der Waals surface area contributed by atoms with Crippen molar-refractivity contribution in [2.75, 3.05) is 45.5 Å². The Balaban J connectivity index is 1.83. The summed E-state index contributed by atoms with van der Waals surface area (Å²) in [4.78, 5) is 6.51. The molecule has 0 spiro atoms. The van der Waals surface area contributed by atoms with E-state index < -0.39 is 10.0 Å². The molecule has 2 aliphatic heterocycles. The molecule has 0 saturated carbocycles. The zero-order chi connectivity index (χ0) is 17.7. The smallest absolute Gasteiger partial charge is 0.216 e. The largest absolute Gasteiger partial charge is 0.373 e. The monoisotopic (exact) mass is 360 g/mol. The molecule has 0 amide bonds. The summed E-state index contributed by atoms with van der Waals surface area (Å²) in [6, 6.07) is 0. The molecule has 2 saturated heterocycles. The summed E-state index contributed by atoms with van der Waals surface area (Å²) in [7, 11) is -1.53. The second kappa shape index (κ2) is 8.49. The first kappa shape index (κ1) is 19.5. The number of ether oxygens (including phenoxy) is 1. The summed E-state index contributed by atoms with van der Waals surface area (Å²) < 4.78 is 32.3. The van der Waals surface area contributed by atoms with Gasteiger partial charge in [0.2, 0.25) is 10.0 Å². The van der Waals surface area contributed by atoms with Crippen LogP contribution < -0.4 is 5.32 Å². The number of hydrogen-bond acceptors (Lipinski definition) is 4. The van der Waals surface area contributed by atoms with Crippen molar-refractivity contribution in [2.45, 2.75) is 45.8 Å². The molecule has 0 bridgehead atoms. The van der Waals surface area contributed by atoms with Gasteiger partial charge >= 0.3 is 0 Å². The first-order chi connectivity index (χ1) is 11.3. The van der Waals surface area contributed by atoms with Gasteiger partial charge in [0.25, 0.3) is 0 Å². The van der Waals surface area contributed by atoms with Gasteiger partial charge in [-0.25, -0.2) is 8.42 Å². The molecule has 2 unspecified atom stereocenters. The van der Waals surface area contributed by atoms with Crippen LogP contribution in [-0.2, 0) is 14.8 Å². The number of hydrogen-bond donors (Lipinski definition) is 1. The zero-order valence-corrected chi connectivity index (χ0v) is 16.2. The van der Waals surface area contributed by atoms with Crippen molar-refractivity contribution in [3.63, 3.8) is 0 Å². The van der Waals surface area contributed by atoms with E-state index in [2.05, 4.69) is 22.1 Å². The summed E-state index contributed by atoms with van der Waals surface area (Å²) in [6.07, 6.45) is 2.20. The predicted molar refractivity (Wildman–Crippen MR) is 96.7 cm³/mol. The minimum atomic E-state index is -3.28. The van der Waals surface area contributed by atoms with Crippen molar-refractivity contribution in [1.29, 1.82) is 0 Å². The molecule has 0 aromatic carbocycles. The Kier molecular flexibility index (Phi) is 6.88. The average Bonchev–Trinajstić information content (AvgIpc) is 2.52. The number of guanidine groups is 1. The van der Waals surface area contributed by atoms with Crippen LogP contribution >= 0.6 is 0 Å². The fourth-order valence-electron chi connectivity index (χ4n) is 3.33. The molecule has 8 heteroatoms. The Morgan fingerprint density at radius 1 is 1.17 bits per heavy atom. The Labute approximate surface area is 146 Å². The summed E-state index contributed by atoms with van der Waals surface area (Å²) in [5, 5.41) is 3.21. The summed E-state index contributed by atoms with van der Waals surface area (Å²) >= 11 is 0. The van der Waals surface area contributed by atoms with Crippen LogP contribution in [0.1, 0.15) is 33.6 Å². The Morgan fingerprint density at radius 2 is 1.75 bits per heavy atom. The SMILES string of the molecule is CN=C(NCCS(=O)(=O)N1CC(C)OC(C)C1)N1CCC(C)CC1. The fourth-order valence-corrected chi connectivity index (χ4v) is 4.82. The van der Waals surface area contributed by atoms with Gasteiger partial charge in [0.15, 0.2) is 5.96 Å². The van der Waals surface area contributed by atoms with Gasteiger partial charge in [0.05, 0.1) is 18.0 Å². The van der Waals surface area contributed by atoms with Crippen molar-refractivity contribution in [1.82, 2.24) is 14.5 Å². The molecule has 0 aromatic heterocycles. The molecule has 2 atom stereocenters. The van der Waals surface area contributed by atoms with Crippen LogP contribution in [-0.4, -0.2) is 81.3 Å². The van der Waals surface area contributed by atoms with E-state index in [0.29, 0.717) is 19.6 Å². The number of aliphatic imine (C=N–C) groups is 1. The van der Waals surface area contributed by atoms with Gasteiger partial charge in [0, 0.05) is 39.8 Å². The van der Waals surface area contributed by atoms with Crippen LogP contribution in [0.4, 0.5) is 0 Å². The number of nitrogens with zero attached hydrogens (tertiary/aromatic N) is 3. The molecule has 2 aliphatic rings. The van der Waals surface area contributed by atoms with E-state index in [-0.39, 0.29) is 18.0 Å². The number of morpholine rings is 1. The summed E-state index contributed by atoms with van der Waals surface area (Å²) in [6.45, 7) is 9.30. The minimum absolute atomic E-state index is 0.0559. The number of piperidine rings is 1. The first-order valence-electron chi connectivity index (χ1n) is 8.90.